The summed E-state index contributed by atoms with van der Waals surface area (Å²) in [6.07, 6.45) is -0.198. The Kier molecular flexibility index (Phi) is 5.38. The quantitative estimate of drug-likeness (QED) is 0.853. The van der Waals surface area contributed by atoms with Crippen LogP contribution >= 0.6 is 0 Å². The molecular formula is C16H17F3N4O. The maximum Gasteiger partial charge on any atom is 0.416 e. The van der Waals surface area contributed by atoms with Crippen molar-refractivity contribution in [2.24, 2.45) is 0 Å². The van der Waals surface area contributed by atoms with Gasteiger partial charge in [-0.2, -0.15) is 18.3 Å². The van der Waals surface area contributed by atoms with E-state index in [1.165, 1.54) is 30.9 Å². The first-order valence-corrected chi connectivity index (χ1v) is 7.24. The van der Waals surface area contributed by atoms with Crippen molar-refractivity contribution in [3.63, 3.8) is 0 Å². The fourth-order valence-corrected chi connectivity index (χ4v) is 2.16. The van der Waals surface area contributed by atoms with Gasteiger partial charge in [0.15, 0.2) is 0 Å². The van der Waals surface area contributed by atoms with Crippen molar-refractivity contribution in [2.45, 2.75) is 32.6 Å². The zero-order valence-corrected chi connectivity index (χ0v) is 13.2. The Bertz CT molecular complexity index is 723. The van der Waals surface area contributed by atoms with Gasteiger partial charge < -0.3 is 5.32 Å². The van der Waals surface area contributed by atoms with Gasteiger partial charge in [-0.1, -0.05) is 12.1 Å². The predicted octanol–water partition coefficient (Wildman–Crippen LogP) is 2.91. The number of carbonyl (C=O) groups is 1. The topological polar surface area (TPSA) is 59.8 Å². The molecule has 1 atom stereocenters. The Morgan fingerprint density at radius 3 is 2.79 bits per heavy atom. The van der Waals surface area contributed by atoms with Crippen LogP contribution in [0.4, 0.5) is 13.2 Å². The molecule has 1 N–H and O–H groups in total. The molecule has 0 radical (unpaired) electrons. The van der Waals surface area contributed by atoms with E-state index in [1.54, 1.807) is 18.5 Å². The molecule has 1 heterocycles. The van der Waals surface area contributed by atoms with Crippen molar-refractivity contribution in [3.8, 4) is 0 Å². The van der Waals surface area contributed by atoms with Crippen molar-refractivity contribution < 1.29 is 18.0 Å². The lowest BCUT2D eigenvalue weighted by Gasteiger charge is -2.13. The Morgan fingerprint density at radius 1 is 1.42 bits per heavy atom. The Labute approximate surface area is 137 Å². The zero-order valence-electron chi connectivity index (χ0n) is 13.2. The smallest absolute Gasteiger partial charge is 0.348 e. The van der Waals surface area contributed by atoms with Gasteiger partial charge in [-0.15, -0.1) is 0 Å². The normalized spacial score (nSPS) is 13.6. The molecule has 1 amide bonds. The highest BCUT2D eigenvalue weighted by molar-refractivity contribution is 5.95. The van der Waals surface area contributed by atoms with E-state index < -0.39 is 11.7 Å². The third-order valence-corrected chi connectivity index (χ3v) is 3.31. The van der Waals surface area contributed by atoms with E-state index in [-0.39, 0.29) is 11.9 Å². The molecule has 0 saturated heterocycles. The summed E-state index contributed by atoms with van der Waals surface area (Å²) in [6, 6.07) is 4.67. The van der Waals surface area contributed by atoms with Crippen LogP contribution in [0.1, 0.15) is 25.0 Å². The molecule has 2 aromatic rings. The summed E-state index contributed by atoms with van der Waals surface area (Å²) in [5.41, 5.74) is 0.0585. The first-order valence-electron chi connectivity index (χ1n) is 7.24. The van der Waals surface area contributed by atoms with Crippen LogP contribution in [-0.4, -0.2) is 26.7 Å². The van der Waals surface area contributed by atoms with E-state index in [9.17, 15) is 18.0 Å². The molecule has 0 aliphatic rings. The highest BCUT2D eigenvalue weighted by atomic mass is 19.4. The minimum atomic E-state index is -4.41. The first kappa shape index (κ1) is 17.7. The number of benzene rings is 1. The number of nitrogens with one attached hydrogen (secondary N) is 1. The molecule has 8 heteroatoms. The lowest BCUT2D eigenvalue weighted by molar-refractivity contribution is -0.137. The van der Waals surface area contributed by atoms with Gasteiger partial charge in [0.2, 0.25) is 5.91 Å². The van der Waals surface area contributed by atoms with E-state index >= 15 is 0 Å². The second-order valence-electron chi connectivity index (χ2n) is 5.43. The third kappa shape index (κ3) is 4.94. The minimum Gasteiger partial charge on any atom is -0.348 e. The summed E-state index contributed by atoms with van der Waals surface area (Å²) in [5, 5.41) is 6.67. The largest absolute Gasteiger partial charge is 0.416 e. The van der Waals surface area contributed by atoms with Gasteiger partial charge in [0.05, 0.1) is 12.1 Å². The van der Waals surface area contributed by atoms with Gasteiger partial charge >= 0.3 is 6.18 Å². The second-order valence-corrected chi connectivity index (χ2v) is 5.43. The lowest BCUT2D eigenvalue weighted by atomic mass is 10.0. The van der Waals surface area contributed by atoms with Gasteiger partial charge in [0.1, 0.15) is 12.7 Å². The summed E-state index contributed by atoms with van der Waals surface area (Å²) in [5.74, 6) is -0.377. The van der Waals surface area contributed by atoms with Crippen LogP contribution in [0.5, 0.6) is 0 Å². The van der Waals surface area contributed by atoms with Gasteiger partial charge in [-0.25, -0.2) is 4.98 Å². The first-order chi connectivity index (χ1) is 11.3. The van der Waals surface area contributed by atoms with Gasteiger partial charge in [-0.05, 0) is 37.1 Å². The monoisotopic (exact) mass is 338 g/mol. The standard InChI is InChI=1S/C16H17F3N4O/c1-11(13-4-3-5-14(7-13)16(17,18)19)6-15(24)22-12(2)8-23-10-20-9-21-23/h3-7,9-10,12H,8H2,1-2H3,(H,22,24)/b11-6+/t12-/m1/s1. The Morgan fingerprint density at radius 2 is 2.17 bits per heavy atom. The highest BCUT2D eigenvalue weighted by Gasteiger charge is 2.30. The number of carbonyl (C=O) groups excluding carboxylic acids is 1. The molecule has 0 fully saturated rings. The van der Waals surface area contributed by atoms with E-state index in [4.69, 9.17) is 0 Å². The fraction of sp³-hybridized carbons (Fsp3) is 0.312. The fourth-order valence-electron chi connectivity index (χ4n) is 2.16. The summed E-state index contributed by atoms with van der Waals surface area (Å²) in [7, 11) is 0. The highest BCUT2D eigenvalue weighted by Crippen LogP contribution is 2.30. The van der Waals surface area contributed by atoms with Crippen LogP contribution < -0.4 is 5.32 Å². The molecule has 1 aromatic carbocycles. The summed E-state index contributed by atoms with van der Waals surface area (Å²) >= 11 is 0. The second kappa shape index (κ2) is 7.29. The molecule has 0 saturated carbocycles. The van der Waals surface area contributed by atoms with Gasteiger partial charge in [0, 0.05) is 12.1 Å². The van der Waals surface area contributed by atoms with Crippen LogP contribution in [0.15, 0.2) is 43.0 Å². The SMILES string of the molecule is C/C(=C\C(=O)N[C@H](C)Cn1cncn1)c1cccc(C(F)(F)F)c1. The van der Waals surface area contributed by atoms with Gasteiger partial charge in [0.25, 0.3) is 0 Å². The molecular weight excluding hydrogens is 321 g/mol. The number of alkyl halides is 3. The number of rotatable bonds is 5. The number of halogens is 3. The van der Waals surface area contributed by atoms with Crippen molar-refractivity contribution in [3.05, 3.63) is 54.1 Å². The number of hydrogen-bond acceptors (Lipinski definition) is 3. The average Bonchev–Trinajstić information content (AvgIpc) is 2.99. The number of aromatic nitrogens is 3. The lowest BCUT2D eigenvalue weighted by Crippen LogP contribution is -2.34. The molecule has 128 valence electrons. The van der Waals surface area contributed by atoms with Crippen molar-refractivity contribution >= 4 is 11.5 Å². The molecule has 0 spiro atoms. The number of allylic oxidation sites excluding steroid dienone is 1. The maximum absolute atomic E-state index is 12.7. The Balaban J connectivity index is 2.03. The maximum atomic E-state index is 12.7. The molecule has 1 aromatic heterocycles. The van der Waals surface area contributed by atoms with Crippen LogP contribution in [0.2, 0.25) is 0 Å². The summed E-state index contributed by atoms with van der Waals surface area (Å²) in [4.78, 5) is 15.8. The van der Waals surface area contributed by atoms with Crippen LogP contribution in [0.25, 0.3) is 5.57 Å². The molecule has 0 bridgehead atoms. The minimum absolute atomic E-state index is 0.204. The van der Waals surface area contributed by atoms with Gasteiger partial charge in [-0.3, -0.25) is 9.48 Å². The van der Waals surface area contributed by atoms with E-state index in [0.717, 1.165) is 12.1 Å². The summed E-state index contributed by atoms with van der Waals surface area (Å²) < 4.78 is 39.8. The summed E-state index contributed by atoms with van der Waals surface area (Å²) in [6.45, 7) is 3.84. The van der Waals surface area contributed by atoms with Crippen LogP contribution in [0.3, 0.4) is 0 Å². The number of nitrogens with zero attached hydrogens (tertiary/aromatic N) is 3. The Hall–Kier alpha value is -2.64. The predicted molar refractivity (Wildman–Crippen MR) is 82.7 cm³/mol. The number of amides is 1. The van der Waals surface area contributed by atoms with E-state index in [2.05, 4.69) is 15.4 Å². The molecule has 2 rings (SSSR count). The van der Waals surface area contributed by atoms with Crippen molar-refractivity contribution in [2.75, 3.05) is 0 Å². The molecule has 0 aliphatic heterocycles. The van der Waals surface area contributed by atoms with E-state index in [0.29, 0.717) is 17.7 Å². The molecule has 0 aliphatic carbocycles. The van der Waals surface area contributed by atoms with E-state index in [1.807, 2.05) is 0 Å². The van der Waals surface area contributed by atoms with Crippen LogP contribution in [0, 0.1) is 0 Å². The van der Waals surface area contributed by atoms with Crippen LogP contribution in [-0.2, 0) is 17.5 Å². The molecule has 0 unspecified atom stereocenters. The zero-order chi connectivity index (χ0) is 17.7. The molecule has 24 heavy (non-hydrogen) atoms. The third-order valence-electron chi connectivity index (χ3n) is 3.31. The average molecular weight is 338 g/mol. The molecule has 5 nitrogen and oxygen atoms in total. The van der Waals surface area contributed by atoms with Crippen molar-refractivity contribution in [1.82, 2.24) is 20.1 Å². The number of hydrogen-bond donors (Lipinski definition) is 1. The van der Waals surface area contributed by atoms with Crippen molar-refractivity contribution in [1.29, 1.82) is 0 Å².